The van der Waals surface area contributed by atoms with Crippen LogP contribution in [0.3, 0.4) is 0 Å². The lowest BCUT2D eigenvalue weighted by Crippen LogP contribution is -2.43. The molecule has 0 atom stereocenters. The third-order valence-electron chi connectivity index (χ3n) is 8.79. The van der Waals surface area contributed by atoms with Gasteiger partial charge in [-0.2, -0.15) is 0 Å². The van der Waals surface area contributed by atoms with E-state index >= 15 is 0 Å². The Morgan fingerprint density at radius 2 is 1.46 bits per heavy atom. The van der Waals surface area contributed by atoms with Gasteiger partial charge in [-0.15, -0.1) is 0 Å². The molecular weight excluding hydrogens is 733 g/mol. The van der Waals surface area contributed by atoms with E-state index in [0.717, 1.165) is 24.8 Å². The molecule has 0 aliphatic heterocycles. The van der Waals surface area contributed by atoms with Gasteiger partial charge in [0.25, 0.3) is 5.69 Å². The highest BCUT2D eigenvalue weighted by Gasteiger charge is 2.30. The largest absolute Gasteiger partial charge is 0.495 e. The number of nitro benzene ring substituents is 1. The molecule has 298 valence electrons. The van der Waals surface area contributed by atoms with E-state index in [1.54, 1.807) is 18.2 Å². The van der Waals surface area contributed by atoms with Crippen molar-refractivity contribution in [3.63, 3.8) is 0 Å². The van der Waals surface area contributed by atoms with E-state index in [-0.39, 0.29) is 57.0 Å². The van der Waals surface area contributed by atoms with Gasteiger partial charge in [-0.3, -0.25) is 19.9 Å². The minimum absolute atomic E-state index is 0.0992. The van der Waals surface area contributed by atoms with Crippen LogP contribution in [0.1, 0.15) is 90.5 Å². The lowest BCUT2D eigenvalue weighted by atomic mass is 9.89. The number of hydrogen-bond acceptors (Lipinski definition) is 10. The fraction of sp³-hybridized carbons (Fsp3) is 0.564. The minimum Gasteiger partial charge on any atom is -0.495 e. The second-order valence-corrected chi connectivity index (χ2v) is 15.5. The van der Waals surface area contributed by atoms with Crippen molar-refractivity contribution in [2.75, 3.05) is 63.8 Å². The minimum atomic E-state index is -0.569. The molecule has 0 unspecified atom stereocenters. The number of rotatable bonds is 22. The van der Waals surface area contributed by atoms with Crippen molar-refractivity contribution >= 4 is 57.9 Å². The fourth-order valence-electron chi connectivity index (χ4n) is 5.89. The van der Waals surface area contributed by atoms with Gasteiger partial charge in [0, 0.05) is 38.4 Å². The van der Waals surface area contributed by atoms with Crippen LogP contribution in [0.4, 0.5) is 33.5 Å². The predicted octanol–water partition coefficient (Wildman–Crippen LogP) is 10.5. The van der Waals surface area contributed by atoms with Gasteiger partial charge >= 0.3 is 6.03 Å². The van der Waals surface area contributed by atoms with E-state index in [2.05, 4.69) is 36.1 Å². The lowest BCUT2D eigenvalue weighted by Gasteiger charge is -2.30. The summed E-state index contributed by atoms with van der Waals surface area (Å²) in [4.78, 5) is 38.8. The summed E-state index contributed by atoms with van der Waals surface area (Å²) < 4.78 is 17.0. The molecule has 1 N–H and O–H groups in total. The van der Waals surface area contributed by atoms with Crippen molar-refractivity contribution in [1.82, 2.24) is 14.9 Å². The highest BCUT2D eigenvalue weighted by atomic mass is 35.5. The van der Waals surface area contributed by atoms with Crippen LogP contribution in [0, 0.1) is 15.5 Å². The number of ether oxygens (including phenoxy) is 3. The maximum absolute atomic E-state index is 14.3. The summed E-state index contributed by atoms with van der Waals surface area (Å²) in [6, 6.07) is 7.43. The van der Waals surface area contributed by atoms with Crippen LogP contribution in [-0.2, 0) is 11.3 Å². The van der Waals surface area contributed by atoms with Gasteiger partial charge in [0.2, 0.25) is 0 Å². The summed E-state index contributed by atoms with van der Waals surface area (Å²) in [5.41, 5.74) is 1.47. The first kappa shape index (κ1) is 44.5. The molecule has 0 aliphatic carbocycles. The van der Waals surface area contributed by atoms with Crippen molar-refractivity contribution < 1.29 is 23.9 Å². The normalized spacial score (nSPS) is 11.5. The van der Waals surface area contributed by atoms with Crippen LogP contribution >= 0.6 is 23.2 Å². The number of nitrogens with one attached hydrogen (secondary N) is 1. The van der Waals surface area contributed by atoms with Crippen molar-refractivity contribution in [2.24, 2.45) is 5.41 Å². The maximum Gasteiger partial charge on any atom is 0.331 e. The van der Waals surface area contributed by atoms with Crippen molar-refractivity contribution in [2.45, 2.75) is 91.5 Å². The Bertz CT molecular complexity index is 1640. The number of methoxy groups -OCH3 is 2. The summed E-state index contributed by atoms with van der Waals surface area (Å²) in [5, 5.41) is 15.1. The van der Waals surface area contributed by atoms with Gasteiger partial charge in [-0.05, 0) is 44.0 Å². The van der Waals surface area contributed by atoms with Crippen LogP contribution in [0.15, 0.2) is 36.7 Å². The number of anilines is 4. The second kappa shape index (κ2) is 21.8. The molecule has 1 aromatic heterocycles. The monoisotopic (exact) mass is 789 g/mol. The summed E-state index contributed by atoms with van der Waals surface area (Å²) in [7, 11) is 8.21. The van der Waals surface area contributed by atoms with Crippen molar-refractivity contribution in [3.8, 4) is 11.5 Å². The number of benzene rings is 2. The Kier molecular flexibility index (Phi) is 18.0. The third-order valence-corrected chi connectivity index (χ3v) is 9.52. The predicted molar refractivity (Wildman–Crippen MR) is 218 cm³/mol. The molecule has 1 heterocycles. The van der Waals surface area contributed by atoms with Gasteiger partial charge in [-0.25, -0.2) is 14.8 Å². The van der Waals surface area contributed by atoms with Crippen LogP contribution in [0.25, 0.3) is 0 Å². The van der Waals surface area contributed by atoms with Crippen LogP contribution < -0.4 is 24.6 Å². The van der Waals surface area contributed by atoms with Gasteiger partial charge in [0.1, 0.15) is 51.9 Å². The molecule has 3 aromatic rings. The zero-order valence-electron chi connectivity index (χ0n) is 33.0. The first-order chi connectivity index (χ1) is 25.7. The fourth-order valence-corrected chi connectivity index (χ4v) is 6.60. The van der Waals surface area contributed by atoms with Crippen LogP contribution in [0.5, 0.6) is 11.5 Å². The number of carbonyl (C=O) groups excluding carboxylic acids is 1. The van der Waals surface area contributed by atoms with Gasteiger partial charge in [0.15, 0.2) is 0 Å². The van der Waals surface area contributed by atoms with Crippen LogP contribution in [-0.4, -0.2) is 74.5 Å². The summed E-state index contributed by atoms with van der Waals surface area (Å²) in [5.74, 6) is 0.958. The Morgan fingerprint density at radius 1 is 0.870 bits per heavy atom. The van der Waals surface area contributed by atoms with E-state index in [1.807, 2.05) is 19.0 Å². The van der Waals surface area contributed by atoms with Gasteiger partial charge in [0.05, 0.1) is 24.8 Å². The molecule has 0 saturated heterocycles. The average molecular weight is 791 g/mol. The van der Waals surface area contributed by atoms with Crippen molar-refractivity contribution in [3.05, 3.63) is 62.4 Å². The Balaban J connectivity index is 1.72. The molecule has 0 bridgehead atoms. The summed E-state index contributed by atoms with van der Waals surface area (Å²) in [6.07, 6.45) is 13.1. The molecule has 3 rings (SSSR count). The second-order valence-electron chi connectivity index (χ2n) is 14.8. The first-order valence-corrected chi connectivity index (χ1v) is 19.2. The Labute approximate surface area is 330 Å². The third kappa shape index (κ3) is 13.7. The number of amides is 2. The molecule has 0 spiro atoms. The first-order valence-electron chi connectivity index (χ1n) is 18.4. The number of halogens is 2. The number of aromatic nitrogens is 2. The molecular formula is C39H57Cl2N7O6. The highest BCUT2D eigenvalue weighted by molar-refractivity contribution is 6.42. The Morgan fingerprint density at radius 3 is 2.02 bits per heavy atom. The highest BCUT2D eigenvalue weighted by Crippen LogP contribution is 2.46. The molecule has 13 nitrogen and oxygen atoms in total. The molecule has 0 saturated carbocycles. The van der Waals surface area contributed by atoms with Gasteiger partial charge < -0.3 is 24.4 Å². The number of nitro groups is 1. The Hall–Kier alpha value is -3.91. The number of urea groups is 1. The number of unbranched alkanes of at least 4 members (excludes halogenated alkanes) is 8. The number of hydrogen-bond donors (Lipinski definition) is 1. The molecule has 54 heavy (non-hydrogen) atoms. The smallest absolute Gasteiger partial charge is 0.331 e. The standard InChI is InChI=1S/C39H57Cl2N7O6/c1-39(2,3)20-16-14-12-10-9-11-13-15-17-21-54-27-47(37-35(40)31(52-7)23-32(53-8)36(37)41)38(49)46(6)34-24-33(42-26-43-34)44-29-19-18-28(25-45(4)5)22-30(29)48(50)51/h18-19,22-24,26H,9-17,20-21,25,27H2,1-8H3,(H,42,43,44). The maximum atomic E-state index is 14.3. The molecule has 2 aromatic carbocycles. The van der Waals surface area contributed by atoms with Crippen molar-refractivity contribution in [1.29, 1.82) is 0 Å². The zero-order valence-corrected chi connectivity index (χ0v) is 34.6. The number of nitrogens with zero attached hydrogens (tertiary/aromatic N) is 6. The summed E-state index contributed by atoms with van der Waals surface area (Å²) >= 11 is 13.5. The SMILES string of the molecule is COc1cc(OC)c(Cl)c(N(COCCCCCCCCCCCC(C)(C)C)C(=O)N(C)c2cc(Nc3ccc(CN(C)C)cc3[N+](=O)[O-])ncn2)c1Cl. The molecule has 2 amide bonds. The van der Waals surface area contributed by atoms with E-state index in [1.165, 1.54) is 94.5 Å². The van der Waals surface area contributed by atoms with E-state index < -0.39 is 11.0 Å². The molecule has 0 fully saturated rings. The van der Waals surface area contributed by atoms with E-state index in [4.69, 9.17) is 37.4 Å². The lowest BCUT2D eigenvalue weighted by molar-refractivity contribution is -0.384. The quantitative estimate of drug-likeness (QED) is 0.0453. The van der Waals surface area contributed by atoms with Crippen LogP contribution in [0.2, 0.25) is 10.0 Å². The van der Waals surface area contributed by atoms with E-state index in [9.17, 15) is 14.9 Å². The average Bonchev–Trinajstić information content (AvgIpc) is 3.12. The number of carbonyl (C=O) groups is 1. The molecule has 0 radical (unpaired) electrons. The molecule has 15 heteroatoms. The van der Waals surface area contributed by atoms with Gasteiger partial charge in [-0.1, -0.05) is 101 Å². The summed E-state index contributed by atoms with van der Waals surface area (Å²) in [6.45, 7) is 7.68. The zero-order chi connectivity index (χ0) is 39.8. The molecule has 0 aliphatic rings. The van der Waals surface area contributed by atoms with E-state index in [0.29, 0.717) is 18.6 Å². The topological polar surface area (TPSA) is 135 Å².